The van der Waals surface area contributed by atoms with Crippen LogP contribution in [0.15, 0.2) is 18.2 Å². The highest BCUT2D eigenvalue weighted by molar-refractivity contribution is 5.39. The van der Waals surface area contributed by atoms with E-state index in [4.69, 9.17) is 4.74 Å². The Balaban J connectivity index is 2.38. The van der Waals surface area contributed by atoms with E-state index in [0.29, 0.717) is 0 Å². The quantitative estimate of drug-likeness (QED) is 0.791. The molecule has 0 aliphatic carbocycles. The van der Waals surface area contributed by atoms with Crippen LogP contribution in [0, 0.1) is 0 Å². The van der Waals surface area contributed by atoms with Crippen molar-refractivity contribution in [1.29, 1.82) is 0 Å². The zero-order valence-corrected chi connectivity index (χ0v) is 9.23. The summed E-state index contributed by atoms with van der Waals surface area (Å²) in [7, 11) is 3.73. The standard InChI is InChI=1S/C12H17NO2/c1-13-6-5-9-7-10(15-2)3-4-11(9)12(13)8-14/h3-4,7,12,14H,5-6,8H2,1-2H3. The molecular formula is C12H17NO2. The molecule has 0 radical (unpaired) electrons. The van der Waals surface area contributed by atoms with Gasteiger partial charge in [0.2, 0.25) is 0 Å². The lowest BCUT2D eigenvalue weighted by Gasteiger charge is -2.33. The van der Waals surface area contributed by atoms with Gasteiger partial charge in [0, 0.05) is 6.54 Å². The Bertz CT molecular complexity index is 351. The first kappa shape index (κ1) is 10.5. The fourth-order valence-electron chi connectivity index (χ4n) is 2.18. The van der Waals surface area contributed by atoms with E-state index >= 15 is 0 Å². The van der Waals surface area contributed by atoms with E-state index in [1.54, 1.807) is 7.11 Å². The Morgan fingerprint density at radius 2 is 2.33 bits per heavy atom. The zero-order valence-electron chi connectivity index (χ0n) is 9.23. The van der Waals surface area contributed by atoms with Crippen molar-refractivity contribution < 1.29 is 9.84 Å². The van der Waals surface area contributed by atoms with Crippen molar-refractivity contribution in [2.75, 3.05) is 27.3 Å². The van der Waals surface area contributed by atoms with Crippen LogP contribution in [0.5, 0.6) is 5.75 Å². The van der Waals surface area contributed by atoms with Gasteiger partial charge in [-0.2, -0.15) is 0 Å². The highest BCUT2D eigenvalue weighted by Gasteiger charge is 2.23. The summed E-state index contributed by atoms with van der Waals surface area (Å²) in [6, 6.07) is 6.23. The molecule has 1 unspecified atom stereocenters. The molecule has 0 saturated heterocycles. The summed E-state index contributed by atoms with van der Waals surface area (Å²) in [5.74, 6) is 0.898. The summed E-state index contributed by atoms with van der Waals surface area (Å²) in [6.07, 6.45) is 1.03. The summed E-state index contributed by atoms with van der Waals surface area (Å²) < 4.78 is 5.20. The van der Waals surface area contributed by atoms with Crippen LogP contribution in [0.4, 0.5) is 0 Å². The maximum atomic E-state index is 9.36. The Kier molecular flexibility index (Phi) is 2.93. The molecule has 1 aromatic rings. The Morgan fingerprint density at radius 1 is 1.53 bits per heavy atom. The molecule has 1 aliphatic rings. The molecule has 0 aromatic heterocycles. The number of hydrogen-bond acceptors (Lipinski definition) is 3. The molecule has 1 aromatic carbocycles. The predicted molar refractivity (Wildman–Crippen MR) is 59.2 cm³/mol. The van der Waals surface area contributed by atoms with E-state index in [1.807, 2.05) is 13.1 Å². The van der Waals surface area contributed by atoms with Crippen molar-refractivity contribution >= 4 is 0 Å². The largest absolute Gasteiger partial charge is 0.497 e. The van der Waals surface area contributed by atoms with Gasteiger partial charge in [0.15, 0.2) is 0 Å². The summed E-state index contributed by atoms with van der Waals surface area (Å²) in [5, 5.41) is 9.36. The third kappa shape index (κ3) is 1.85. The van der Waals surface area contributed by atoms with Crippen LogP contribution in [-0.4, -0.2) is 37.3 Å². The second kappa shape index (κ2) is 4.21. The second-order valence-corrected chi connectivity index (χ2v) is 3.99. The summed E-state index contributed by atoms with van der Waals surface area (Å²) in [5.41, 5.74) is 2.53. The predicted octanol–water partition coefficient (Wildman–Crippen LogP) is 1.22. The second-order valence-electron chi connectivity index (χ2n) is 3.99. The summed E-state index contributed by atoms with van der Waals surface area (Å²) in [4.78, 5) is 2.19. The first-order valence-corrected chi connectivity index (χ1v) is 5.24. The molecule has 3 nitrogen and oxygen atoms in total. The van der Waals surface area contributed by atoms with Crippen LogP contribution in [0.1, 0.15) is 17.2 Å². The van der Waals surface area contributed by atoms with Crippen LogP contribution in [0.2, 0.25) is 0 Å². The first-order valence-electron chi connectivity index (χ1n) is 5.24. The summed E-state index contributed by atoms with van der Waals surface area (Å²) >= 11 is 0. The molecule has 1 atom stereocenters. The van der Waals surface area contributed by atoms with Gasteiger partial charge >= 0.3 is 0 Å². The van der Waals surface area contributed by atoms with Crippen LogP contribution in [-0.2, 0) is 6.42 Å². The van der Waals surface area contributed by atoms with Gasteiger partial charge < -0.3 is 9.84 Å². The third-order valence-electron chi connectivity index (χ3n) is 3.15. The normalized spacial score (nSPS) is 21.1. The Hall–Kier alpha value is -1.06. The van der Waals surface area contributed by atoms with Gasteiger partial charge in [0.25, 0.3) is 0 Å². The van der Waals surface area contributed by atoms with Crippen LogP contribution >= 0.6 is 0 Å². The van der Waals surface area contributed by atoms with Crippen molar-refractivity contribution in [3.05, 3.63) is 29.3 Å². The molecular weight excluding hydrogens is 190 g/mol. The average molecular weight is 207 g/mol. The fraction of sp³-hybridized carbons (Fsp3) is 0.500. The van der Waals surface area contributed by atoms with Crippen LogP contribution in [0.3, 0.4) is 0 Å². The Labute approximate surface area is 90.3 Å². The third-order valence-corrected chi connectivity index (χ3v) is 3.15. The molecule has 82 valence electrons. The molecule has 1 aliphatic heterocycles. The molecule has 0 bridgehead atoms. The lowest BCUT2D eigenvalue weighted by Crippen LogP contribution is -2.34. The molecule has 3 heteroatoms. The van der Waals surface area contributed by atoms with Gasteiger partial charge in [-0.1, -0.05) is 6.07 Å². The molecule has 1 heterocycles. The van der Waals surface area contributed by atoms with Gasteiger partial charge in [-0.3, -0.25) is 4.90 Å². The molecule has 1 N–H and O–H groups in total. The smallest absolute Gasteiger partial charge is 0.119 e. The molecule has 2 rings (SSSR count). The van der Waals surface area contributed by atoms with Crippen LogP contribution in [0.25, 0.3) is 0 Å². The minimum absolute atomic E-state index is 0.139. The van der Waals surface area contributed by atoms with Gasteiger partial charge in [-0.15, -0.1) is 0 Å². The monoisotopic (exact) mass is 207 g/mol. The molecule has 0 amide bonds. The van der Waals surface area contributed by atoms with Crippen molar-refractivity contribution in [1.82, 2.24) is 4.90 Å². The van der Waals surface area contributed by atoms with Gasteiger partial charge in [0.05, 0.1) is 19.8 Å². The number of aliphatic hydroxyl groups excluding tert-OH is 1. The van der Waals surface area contributed by atoms with Gasteiger partial charge in [-0.25, -0.2) is 0 Å². The number of rotatable bonds is 2. The van der Waals surface area contributed by atoms with Crippen LogP contribution < -0.4 is 4.74 Å². The average Bonchev–Trinajstić information content (AvgIpc) is 2.28. The number of ether oxygens (including phenoxy) is 1. The maximum absolute atomic E-state index is 9.36. The molecule has 0 saturated carbocycles. The van der Waals surface area contributed by atoms with Crippen molar-refractivity contribution in [2.24, 2.45) is 0 Å². The number of benzene rings is 1. The molecule has 15 heavy (non-hydrogen) atoms. The summed E-state index contributed by atoms with van der Waals surface area (Å²) in [6.45, 7) is 1.17. The number of aliphatic hydroxyl groups is 1. The molecule has 0 spiro atoms. The van der Waals surface area contributed by atoms with Crippen molar-refractivity contribution in [3.63, 3.8) is 0 Å². The molecule has 0 fully saturated rings. The zero-order chi connectivity index (χ0) is 10.8. The number of methoxy groups -OCH3 is 1. The number of fused-ring (bicyclic) bond motifs is 1. The minimum atomic E-state index is 0.139. The minimum Gasteiger partial charge on any atom is -0.497 e. The van der Waals surface area contributed by atoms with Crippen molar-refractivity contribution in [3.8, 4) is 5.75 Å². The lowest BCUT2D eigenvalue weighted by molar-refractivity contribution is 0.139. The highest BCUT2D eigenvalue weighted by Crippen LogP contribution is 2.30. The highest BCUT2D eigenvalue weighted by atomic mass is 16.5. The van der Waals surface area contributed by atoms with Gasteiger partial charge in [-0.05, 0) is 36.7 Å². The number of hydrogen-bond donors (Lipinski definition) is 1. The topological polar surface area (TPSA) is 32.7 Å². The van der Waals surface area contributed by atoms with E-state index in [2.05, 4.69) is 17.0 Å². The van der Waals surface area contributed by atoms with Crippen molar-refractivity contribution in [2.45, 2.75) is 12.5 Å². The van der Waals surface area contributed by atoms with E-state index in [-0.39, 0.29) is 12.6 Å². The number of likely N-dealkylation sites (N-methyl/N-ethyl adjacent to an activating group) is 1. The SMILES string of the molecule is COc1ccc2c(c1)CCN(C)C2CO. The van der Waals surface area contributed by atoms with E-state index in [1.165, 1.54) is 11.1 Å². The van der Waals surface area contributed by atoms with E-state index in [0.717, 1.165) is 18.7 Å². The lowest BCUT2D eigenvalue weighted by atomic mass is 9.93. The number of nitrogens with zero attached hydrogens (tertiary/aromatic N) is 1. The fourth-order valence-corrected chi connectivity index (χ4v) is 2.18. The van der Waals surface area contributed by atoms with E-state index in [9.17, 15) is 5.11 Å². The Morgan fingerprint density at radius 3 is 3.00 bits per heavy atom. The maximum Gasteiger partial charge on any atom is 0.119 e. The van der Waals surface area contributed by atoms with E-state index < -0.39 is 0 Å². The van der Waals surface area contributed by atoms with Gasteiger partial charge in [0.1, 0.15) is 5.75 Å². The first-order chi connectivity index (χ1) is 7.26.